The maximum atomic E-state index is 12.6. The van der Waals surface area contributed by atoms with Crippen LogP contribution in [0.15, 0.2) is 29.2 Å². The van der Waals surface area contributed by atoms with Crippen molar-refractivity contribution in [3.8, 4) is 5.75 Å². The van der Waals surface area contributed by atoms with E-state index in [9.17, 15) is 21.6 Å². The average molecular weight is 404 g/mol. The van der Waals surface area contributed by atoms with E-state index in [-0.39, 0.29) is 35.0 Å². The molecule has 0 bridgehead atoms. The van der Waals surface area contributed by atoms with Crippen LogP contribution < -0.4 is 4.74 Å². The van der Waals surface area contributed by atoms with Gasteiger partial charge in [-0.3, -0.25) is 4.79 Å². The Kier molecular flexibility index (Phi) is 6.68. The maximum Gasteiger partial charge on any atom is 0.260 e. The van der Waals surface area contributed by atoms with Crippen molar-refractivity contribution in [1.82, 2.24) is 4.90 Å². The highest BCUT2D eigenvalue weighted by molar-refractivity contribution is 7.91. The highest BCUT2D eigenvalue weighted by atomic mass is 32.2. The molecule has 1 unspecified atom stereocenters. The number of carbonyl (C=O) groups excluding carboxylic acids is 1. The molecule has 0 radical (unpaired) electrons. The van der Waals surface area contributed by atoms with Crippen molar-refractivity contribution in [2.24, 2.45) is 0 Å². The third-order valence-corrected chi connectivity index (χ3v) is 7.22. The summed E-state index contributed by atoms with van der Waals surface area (Å²) in [6, 6.07) is 5.55. The van der Waals surface area contributed by atoms with Crippen molar-refractivity contribution in [2.45, 2.75) is 37.1 Å². The summed E-state index contributed by atoms with van der Waals surface area (Å²) in [7, 11) is -6.36. The Hall–Kier alpha value is -1.61. The number of hydrogen-bond donors (Lipinski definition) is 0. The molecule has 9 heteroatoms. The molecule has 1 aromatic carbocycles. The summed E-state index contributed by atoms with van der Waals surface area (Å²) in [5, 5.41) is 0. The van der Waals surface area contributed by atoms with Gasteiger partial charge in [-0.15, -0.1) is 0 Å². The average Bonchev–Trinajstić information content (AvgIpc) is 2.92. The molecule has 146 valence electrons. The van der Waals surface area contributed by atoms with Gasteiger partial charge in [0.15, 0.2) is 26.3 Å². The topological polar surface area (TPSA) is 97.8 Å². The molecular formula is C17H25NO6S2. The van der Waals surface area contributed by atoms with Crippen LogP contribution in [0.25, 0.3) is 0 Å². The highest BCUT2D eigenvalue weighted by Crippen LogP contribution is 2.20. The number of sulfone groups is 2. The van der Waals surface area contributed by atoms with Crippen LogP contribution in [0.1, 0.15) is 26.2 Å². The van der Waals surface area contributed by atoms with Gasteiger partial charge in [-0.25, -0.2) is 16.8 Å². The molecule has 1 aromatic rings. The van der Waals surface area contributed by atoms with E-state index in [2.05, 4.69) is 0 Å². The smallest absolute Gasteiger partial charge is 0.260 e. The molecule has 1 fully saturated rings. The van der Waals surface area contributed by atoms with Crippen LogP contribution >= 0.6 is 0 Å². The van der Waals surface area contributed by atoms with E-state index in [4.69, 9.17) is 4.74 Å². The first-order valence-electron chi connectivity index (χ1n) is 8.55. The molecule has 0 aliphatic carbocycles. The first kappa shape index (κ1) is 20.7. The first-order chi connectivity index (χ1) is 12.1. The van der Waals surface area contributed by atoms with E-state index in [1.807, 2.05) is 6.92 Å². The molecule has 1 amide bonds. The molecule has 2 rings (SSSR count). The van der Waals surface area contributed by atoms with Crippen LogP contribution in [0.2, 0.25) is 0 Å². The Morgan fingerprint density at radius 1 is 1.27 bits per heavy atom. The van der Waals surface area contributed by atoms with Crippen molar-refractivity contribution in [1.29, 1.82) is 0 Å². The zero-order chi connectivity index (χ0) is 19.4. The summed E-state index contributed by atoms with van der Waals surface area (Å²) in [5.74, 6) is 0.250. The SMILES string of the molecule is CCCCN(C(=O)COc1ccc(S(C)(=O)=O)cc1)C1CCS(=O)(=O)C1. The molecule has 1 aliphatic rings. The Morgan fingerprint density at radius 2 is 1.92 bits per heavy atom. The summed E-state index contributed by atoms with van der Waals surface area (Å²) in [5.41, 5.74) is 0. The zero-order valence-electron chi connectivity index (χ0n) is 15.0. The molecule has 0 spiro atoms. The van der Waals surface area contributed by atoms with E-state index in [1.165, 1.54) is 24.3 Å². The molecule has 1 atom stereocenters. The van der Waals surface area contributed by atoms with Gasteiger partial charge < -0.3 is 9.64 Å². The van der Waals surface area contributed by atoms with Gasteiger partial charge in [0.1, 0.15) is 5.75 Å². The van der Waals surface area contributed by atoms with Crippen molar-refractivity contribution in [3.05, 3.63) is 24.3 Å². The number of hydrogen-bond acceptors (Lipinski definition) is 6. The normalized spacial score (nSPS) is 19.2. The lowest BCUT2D eigenvalue weighted by atomic mass is 10.2. The van der Waals surface area contributed by atoms with E-state index in [0.717, 1.165) is 19.1 Å². The van der Waals surface area contributed by atoms with E-state index in [1.54, 1.807) is 4.90 Å². The van der Waals surface area contributed by atoms with Crippen LogP contribution in [0.3, 0.4) is 0 Å². The van der Waals surface area contributed by atoms with Crippen LogP contribution in [-0.4, -0.2) is 64.6 Å². The predicted octanol–water partition coefficient (Wildman–Crippen LogP) is 1.28. The van der Waals surface area contributed by atoms with Gasteiger partial charge in [0.2, 0.25) is 0 Å². The quantitative estimate of drug-likeness (QED) is 0.649. The Labute approximate surface area is 155 Å². The van der Waals surface area contributed by atoms with E-state index < -0.39 is 19.7 Å². The molecule has 7 nitrogen and oxygen atoms in total. The summed E-state index contributed by atoms with van der Waals surface area (Å²) in [6.07, 6.45) is 3.27. The molecule has 26 heavy (non-hydrogen) atoms. The summed E-state index contributed by atoms with van der Waals surface area (Å²) < 4.78 is 51.8. The molecule has 0 N–H and O–H groups in total. The number of ether oxygens (including phenoxy) is 1. The monoisotopic (exact) mass is 403 g/mol. The number of carbonyl (C=O) groups is 1. The minimum atomic E-state index is -3.28. The lowest BCUT2D eigenvalue weighted by Crippen LogP contribution is -2.44. The third-order valence-electron chi connectivity index (χ3n) is 4.34. The highest BCUT2D eigenvalue weighted by Gasteiger charge is 2.34. The predicted molar refractivity (Wildman–Crippen MR) is 98.7 cm³/mol. The maximum absolute atomic E-state index is 12.6. The van der Waals surface area contributed by atoms with Gasteiger partial charge in [0, 0.05) is 18.8 Å². The van der Waals surface area contributed by atoms with E-state index in [0.29, 0.717) is 18.7 Å². The zero-order valence-corrected chi connectivity index (χ0v) is 16.7. The van der Waals surface area contributed by atoms with Gasteiger partial charge in [-0.1, -0.05) is 13.3 Å². The first-order valence-corrected chi connectivity index (χ1v) is 12.3. The van der Waals surface area contributed by atoms with E-state index >= 15 is 0 Å². The lowest BCUT2D eigenvalue weighted by Gasteiger charge is -2.28. The number of benzene rings is 1. The van der Waals surface area contributed by atoms with Gasteiger partial charge in [0.25, 0.3) is 5.91 Å². The van der Waals surface area contributed by atoms with Gasteiger partial charge in [0.05, 0.1) is 16.4 Å². The molecular weight excluding hydrogens is 378 g/mol. The second-order valence-electron chi connectivity index (χ2n) is 6.53. The largest absolute Gasteiger partial charge is 0.484 e. The third kappa shape index (κ3) is 5.70. The lowest BCUT2D eigenvalue weighted by molar-refractivity contribution is -0.135. The second kappa shape index (κ2) is 8.39. The van der Waals surface area contributed by atoms with Crippen molar-refractivity contribution < 1.29 is 26.4 Å². The molecule has 1 heterocycles. The van der Waals surface area contributed by atoms with Crippen LogP contribution in [0.4, 0.5) is 0 Å². The van der Waals surface area contributed by atoms with Crippen molar-refractivity contribution >= 4 is 25.6 Å². The molecule has 0 saturated carbocycles. The summed E-state index contributed by atoms with van der Waals surface area (Å²) in [6.45, 7) is 2.30. The Bertz CT molecular complexity index is 831. The fraction of sp³-hybridized carbons (Fsp3) is 0.588. The standard InChI is InChI=1S/C17H25NO6S2/c1-3-4-10-18(14-9-11-26(22,23)13-14)17(19)12-24-15-5-7-16(8-6-15)25(2,20)21/h5-8,14H,3-4,9-13H2,1-2H3. The van der Waals surface area contributed by atoms with Crippen molar-refractivity contribution in [3.63, 3.8) is 0 Å². The minimum absolute atomic E-state index is 0.00547. The van der Waals surface area contributed by atoms with Crippen LogP contribution in [0, 0.1) is 0 Å². The second-order valence-corrected chi connectivity index (χ2v) is 10.8. The number of nitrogens with zero attached hydrogens (tertiary/aromatic N) is 1. The van der Waals surface area contributed by atoms with Crippen molar-refractivity contribution in [2.75, 3.05) is 30.9 Å². The molecule has 0 aromatic heterocycles. The van der Waals surface area contributed by atoms with Gasteiger partial charge in [-0.05, 0) is 37.1 Å². The van der Waals surface area contributed by atoms with Gasteiger partial charge in [-0.2, -0.15) is 0 Å². The number of amides is 1. The fourth-order valence-corrected chi connectivity index (χ4v) is 5.23. The summed E-state index contributed by atoms with van der Waals surface area (Å²) >= 11 is 0. The Morgan fingerprint density at radius 3 is 2.42 bits per heavy atom. The fourth-order valence-electron chi connectivity index (χ4n) is 2.87. The Balaban J connectivity index is 2.00. The van der Waals surface area contributed by atoms with Gasteiger partial charge >= 0.3 is 0 Å². The van der Waals surface area contributed by atoms with Crippen LogP contribution in [0.5, 0.6) is 5.75 Å². The molecule has 1 aliphatic heterocycles. The number of rotatable bonds is 8. The number of unbranched alkanes of at least 4 members (excludes halogenated alkanes) is 1. The minimum Gasteiger partial charge on any atom is -0.484 e. The molecule has 1 saturated heterocycles. The van der Waals surface area contributed by atoms with Crippen LogP contribution in [-0.2, 0) is 24.5 Å². The summed E-state index contributed by atoms with van der Waals surface area (Å²) in [4.78, 5) is 14.3.